The van der Waals surface area contributed by atoms with Crippen LogP contribution in [0, 0.1) is 0 Å². The maximum Gasteiger partial charge on any atom is 0.137 e. The van der Waals surface area contributed by atoms with Gasteiger partial charge in [-0.1, -0.05) is 0 Å². The average Bonchev–Trinajstić information content (AvgIpc) is 3.02. The fourth-order valence-corrected chi connectivity index (χ4v) is 3.45. The quantitative estimate of drug-likeness (QED) is 0.650. The van der Waals surface area contributed by atoms with Gasteiger partial charge in [-0.2, -0.15) is 0 Å². The first-order chi connectivity index (χ1) is 7.95. The van der Waals surface area contributed by atoms with Gasteiger partial charge in [0.25, 0.3) is 0 Å². The number of hydrogen-bond acceptors (Lipinski definition) is 3. The van der Waals surface area contributed by atoms with E-state index in [1.807, 2.05) is 30.3 Å². The van der Waals surface area contributed by atoms with Crippen LogP contribution in [-0.2, 0) is 0 Å². The summed E-state index contributed by atoms with van der Waals surface area (Å²) in [4.78, 5) is 0. The number of rotatable bonds is 3. The number of furan rings is 3. The zero-order valence-corrected chi connectivity index (χ0v) is 9.26. The number of hydrogen-bond donors (Lipinski definition) is 0. The third-order valence-corrected chi connectivity index (χ3v) is 4.38. The van der Waals surface area contributed by atoms with Crippen LogP contribution in [0.1, 0.15) is 0 Å². The molecule has 3 aromatic heterocycles. The summed E-state index contributed by atoms with van der Waals surface area (Å²) < 4.78 is 16.1. The molecule has 0 fully saturated rings. The Morgan fingerprint density at radius 2 is 1.50 bits per heavy atom. The molecule has 0 unspecified atom stereocenters. The second kappa shape index (κ2) is 4.03. The molecule has 0 N–H and O–H groups in total. The molecule has 3 nitrogen and oxygen atoms in total. The minimum Gasteiger partial charge on any atom is -0.472 e. The molecule has 0 saturated heterocycles. The van der Waals surface area contributed by atoms with Crippen molar-refractivity contribution in [2.24, 2.45) is 0 Å². The van der Waals surface area contributed by atoms with E-state index in [0.29, 0.717) is 0 Å². The highest BCUT2D eigenvalue weighted by Gasteiger charge is 2.22. The fraction of sp³-hybridized carbons (Fsp3) is 0. The summed E-state index contributed by atoms with van der Waals surface area (Å²) in [5, 5.41) is 1.08. The molecule has 80 valence electrons. The van der Waals surface area contributed by atoms with Gasteiger partial charge in [-0.3, -0.25) is 0 Å². The van der Waals surface area contributed by atoms with Gasteiger partial charge in [-0.05, 0) is 30.3 Å². The molecule has 0 atom stereocenters. The maximum absolute atomic E-state index is 5.47. The van der Waals surface area contributed by atoms with E-state index < -0.39 is 7.92 Å². The molecule has 0 bridgehead atoms. The van der Waals surface area contributed by atoms with E-state index in [-0.39, 0.29) is 0 Å². The fourth-order valence-electron chi connectivity index (χ4n) is 1.54. The SMILES string of the molecule is c1coc(P(c2ccoc2)c2ccco2)c1. The van der Waals surface area contributed by atoms with Gasteiger partial charge in [0.15, 0.2) is 0 Å². The monoisotopic (exact) mass is 232 g/mol. The Balaban J connectivity index is 2.09. The molecule has 0 aromatic carbocycles. The normalized spacial score (nSPS) is 11.1. The van der Waals surface area contributed by atoms with Crippen molar-refractivity contribution in [2.45, 2.75) is 0 Å². The van der Waals surface area contributed by atoms with E-state index in [9.17, 15) is 0 Å². The summed E-state index contributed by atoms with van der Waals surface area (Å²) in [5.41, 5.74) is 1.82. The zero-order valence-electron chi connectivity index (χ0n) is 8.37. The summed E-state index contributed by atoms with van der Waals surface area (Å²) in [6, 6.07) is 9.63. The Morgan fingerprint density at radius 3 is 1.94 bits per heavy atom. The Morgan fingerprint density at radius 1 is 0.812 bits per heavy atom. The van der Waals surface area contributed by atoms with Gasteiger partial charge in [0, 0.05) is 5.30 Å². The van der Waals surface area contributed by atoms with Gasteiger partial charge in [0.2, 0.25) is 0 Å². The van der Waals surface area contributed by atoms with Gasteiger partial charge in [0.05, 0.1) is 33.0 Å². The van der Waals surface area contributed by atoms with Gasteiger partial charge in [0.1, 0.15) is 11.0 Å². The van der Waals surface area contributed by atoms with Crippen LogP contribution >= 0.6 is 7.92 Å². The lowest BCUT2D eigenvalue weighted by Gasteiger charge is -2.09. The first kappa shape index (κ1) is 9.49. The van der Waals surface area contributed by atoms with Crippen molar-refractivity contribution < 1.29 is 13.3 Å². The van der Waals surface area contributed by atoms with Crippen molar-refractivity contribution in [3.8, 4) is 0 Å². The summed E-state index contributed by atoms with van der Waals surface area (Å²) in [6.45, 7) is 0. The molecule has 0 radical (unpaired) electrons. The minimum absolute atomic E-state index is 0.762. The average molecular weight is 232 g/mol. The molecule has 4 heteroatoms. The van der Waals surface area contributed by atoms with Crippen molar-refractivity contribution in [3.05, 3.63) is 55.4 Å². The second-order valence-electron chi connectivity index (χ2n) is 3.22. The molecule has 0 aliphatic heterocycles. The first-order valence-electron chi connectivity index (χ1n) is 4.84. The molecule has 0 aliphatic carbocycles. The lowest BCUT2D eigenvalue weighted by atomic mass is 10.7. The van der Waals surface area contributed by atoms with Crippen molar-refractivity contribution in [2.75, 3.05) is 0 Å². The summed E-state index contributed by atoms with van der Waals surface area (Å²) >= 11 is 0. The molecular formula is C12H9O3P. The van der Waals surface area contributed by atoms with Crippen molar-refractivity contribution >= 4 is 24.2 Å². The third kappa shape index (κ3) is 1.59. The molecule has 0 amide bonds. The van der Waals surface area contributed by atoms with Crippen LogP contribution < -0.4 is 16.3 Å². The minimum atomic E-state index is -0.762. The molecule has 3 rings (SSSR count). The van der Waals surface area contributed by atoms with Crippen LogP contribution in [0.3, 0.4) is 0 Å². The third-order valence-electron chi connectivity index (χ3n) is 2.22. The first-order valence-corrected chi connectivity index (χ1v) is 6.18. The molecule has 3 heterocycles. The zero-order chi connectivity index (χ0) is 10.8. The van der Waals surface area contributed by atoms with Gasteiger partial charge in [-0.25, -0.2) is 0 Å². The molecule has 0 spiro atoms. The highest BCUT2D eigenvalue weighted by atomic mass is 31.1. The largest absolute Gasteiger partial charge is 0.472 e. The van der Waals surface area contributed by atoms with E-state index in [1.165, 1.54) is 0 Å². The van der Waals surface area contributed by atoms with Gasteiger partial charge in [-0.15, -0.1) is 0 Å². The Kier molecular flexibility index (Phi) is 2.39. The van der Waals surface area contributed by atoms with E-state index >= 15 is 0 Å². The smallest absolute Gasteiger partial charge is 0.137 e. The van der Waals surface area contributed by atoms with E-state index in [1.54, 1.807) is 25.1 Å². The highest BCUT2D eigenvalue weighted by Crippen LogP contribution is 2.32. The molecule has 16 heavy (non-hydrogen) atoms. The van der Waals surface area contributed by atoms with Crippen molar-refractivity contribution in [1.29, 1.82) is 0 Å². The lowest BCUT2D eigenvalue weighted by molar-refractivity contribution is 0.568. The van der Waals surface area contributed by atoms with Crippen LogP contribution in [0.25, 0.3) is 0 Å². The standard InChI is InChI=1S/C12H9O3P/c1-3-11(14-6-1)16(10-5-8-13-9-10)12-4-2-7-15-12/h1-9H. The van der Waals surface area contributed by atoms with Crippen LogP contribution in [0.15, 0.2) is 68.6 Å². The van der Waals surface area contributed by atoms with Crippen LogP contribution in [0.5, 0.6) is 0 Å². The highest BCUT2D eigenvalue weighted by molar-refractivity contribution is 7.79. The van der Waals surface area contributed by atoms with Gasteiger partial charge >= 0.3 is 0 Å². The Bertz CT molecular complexity index is 441. The van der Waals surface area contributed by atoms with Gasteiger partial charge < -0.3 is 13.3 Å². The predicted octanol–water partition coefficient (Wildman–Crippen LogP) is 2.22. The van der Waals surface area contributed by atoms with Crippen molar-refractivity contribution in [1.82, 2.24) is 0 Å². The predicted molar refractivity (Wildman–Crippen MR) is 61.9 cm³/mol. The summed E-state index contributed by atoms with van der Waals surface area (Å²) in [6.07, 6.45) is 6.74. The Labute approximate surface area is 93.4 Å². The Hall–Kier alpha value is -1.73. The van der Waals surface area contributed by atoms with E-state index in [4.69, 9.17) is 13.3 Å². The molecule has 3 aromatic rings. The van der Waals surface area contributed by atoms with Crippen LogP contribution in [0.2, 0.25) is 0 Å². The van der Waals surface area contributed by atoms with E-state index in [0.717, 1.165) is 16.3 Å². The molecule has 0 aliphatic rings. The maximum atomic E-state index is 5.47. The molecular weight excluding hydrogens is 223 g/mol. The lowest BCUT2D eigenvalue weighted by Crippen LogP contribution is -2.17. The van der Waals surface area contributed by atoms with Crippen molar-refractivity contribution in [3.63, 3.8) is 0 Å². The second-order valence-corrected chi connectivity index (χ2v) is 5.29. The van der Waals surface area contributed by atoms with Crippen LogP contribution in [0.4, 0.5) is 0 Å². The van der Waals surface area contributed by atoms with E-state index in [2.05, 4.69) is 0 Å². The summed E-state index contributed by atoms with van der Waals surface area (Å²) in [7, 11) is -0.762. The summed E-state index contributed by atoms with van der Waals surface area (Å²) in [5.74, 6) is 0. The topological polar surface area (TPSA) is 39.4 Å². The molecule has 0 saturated carbocycles. The van der Waals surface area contributed by atoms with Crippen LogP contribution in [-0.4, -0.2) is 0 Å².